The van der Waals surface area contributed by atoms with Gasteiger partial charge in [0.1, 0.15) is 0 Å². The zero-order valence-corrected chi connectivity index (χ0v) is 14.4. The monoisotopic (exact) mass is 325 g/mol. The van der Waals surface area contributed by atoms with Crippen LogP contribution in [-0.4, -0.2) is 11.7 Å². The van der Waals surface area contributed by atoms with Crippen molar-refractivity contribution in [2.75, 3.05) is 7.11 Å². The molecular weight excluding hydrogens is 301 g/mol. The third-order valence-electron chi connectivity index (χ3n) is 4.50. The molecule has 0 saturated heterocycles. The van der Waals surface area contributed by atoms with Crippen LogP contribution in [0, 0.1) is 5.82 Å². The molecule has 2 nitrogen and oxygen atoms in total. The van der Waals surface area contributed by atoms with Gasteiger partial charge in [0.25, 0.3) is 0 Å². The summed E-state index contributed by atoms with van der Waals surface area (Å²) in [7, 11) is 1.49. The van der Waals surface area contributed by atoms with Gasteiger partial charge in [-0.3, -0.25) is 0 Å². The number of nitrogens with zero attached hydrogens (tertiary/aromatic N) is 1. The van der Waals surface area contributed by atoms with E-state index in [2.05, 4.69) is 42.0 Å². The molecule has 2 aromatic carbocycles. The van der Waals surface area contributed by atoms with Crippen molar-refractivity contribution in [3.05, 3.63) is 65.6 Å². The van der Waals surface area contributed by atoms with Crippen LogP contribution in [0.2, 0.25) is 0 Å². The number of ether oxygens (including phenoxy) is 1. The highest BCUT2D eigenvalue weighted by atomic mass is 19.1. The Bertz CT molecular complexity index is 822. The van der Waals surface area contributed by atoms with Gasteiger partial charge in [0, 0.05) is 23.6 Å². The van der Waals surface area contributed by atoms with Gasteiger partial charge in [-0.05, 0) is 61.1 Å². The fourth-order valence-corrected chi connectivity index (χ4v) is 3.29. The smallest absolute Gasteiger partial charge is 0.165 e. The number of rotatable bonds is 7. The lowest BCUT2D eigenvalue weighted by atomic mass is 10.0. The molecule has 24 heavy (non-hydrogen) atoms. The SMILES string of the molecule is CCCn1ccc2c(CCCc3ccc(OC)c(F)c3)cccc21. The Morgan fingerprint density at radius 3 is 2.71 bits per heavy atom. The minimum absolute atomic E-state index is 0.284. The second kappa shape index (κ2) is 7.52. The summed E-state index contributed by atoms with van der Waals surface area (Å²) in [4.78, 5) is 0. The molecule has 0 bridgehead atoms. The van der Waals surface area contributed by atoms with Crippen molar-refractivity contribution in [3.8, 4) is 5.75 Å². The molecule has 0 fully saturated rings. The molecule has 1 heterocycles. The summed E-state index contributed by atoms with van der Waals surface area (Å²) in [5.41, 5.74) is 3.70. The van der Waals surface area contributed by atoms with Gasteiger partial charge in [-0.1, -0.05) is 25.1 Å². The third kappa shape index (κ3) is 3.45. The molecule has 0 unspecified atom stereocenters. The van der Waals surface area contributed by atoms with Gasteiger partial charge >= 0.3 is 0 Å². The van der Waals surface area contributed by atoms with Crippen molar-refractivity contribution in [2.45, 2.75) is 39.2 Å². The topological polar surface area (TPSA) is 14.2 Å². The van der Waals surface area contributed by atoms with Crippen LogP contribution in [-0.2, 0) is 19.4 Å². The summed E-state index contributed by atoms with van der Waals surface area (Å²) in [5.74, 6) is 0.0227. The molecule has 0 atom stereocenters. The van der Waals surface area contributed by atoms with Crippen molar-refractivity contribution in [1.82, 2.24) is 4.57 Å². The number of methoxy groups -OCH3 is 1. The van der Waals surface area contributed by atoms with E-state index >= 15 is 0 Å². The minimum Gasteiger partial charge on any atom is -0.494 e. The van der Waals surface area contributed by atoms with E-state index in [1.54, 1.807) is 12.1 Å². The van der Waals surface area contributed by atoms with Gasteiger partial charge in [0.15, 0.2) is 11.6 Å². The average molecular weight is 325 g/mol. The number of hydrogen-bond acceptors (Lipinski definition) is 1. The molecule has 3 heteroatoms. The van der Waals surface area contributed by atoms with Gasteiger partial charge in [0.2, 0.25) is 0 Å². The lowest BCUT2D eigenvalue weighted by molar-refractivity contribution is 0.386. The summed E-state index contributed by atoms with van der Waals surface area (Å²) in [6.45, 7) is 3.25. The van der Waals surface area contributed by atoms with Crippen LogP contribution in [0.4, 0.5) is 4.39 Å². The van der Waals surface area contributed by atoms with E-state index in [0.717, 1.165) is 37.8 Å². The Morgan fingerprint density at radius 2 is 1.96 bits per heavy atom. The van der Waals surface area contributed by atoms with E-state index in [9.17, 15) is 4.39 Å². The summed E-state index contributed by atoms with van der Waals surface area (Å²) >= 11 is 0. The third-order valence-corrected chi connectivity index (χ3v) is 4.50. The summed E-state index contributed by atoms with van der Waals surface area (Å²) in [6.07, 6.45) is 6.19. The number of fused-ring (bicyclic) bond motifs is 1. The molecule has 0 aliphatic heterocycles. The lowest BCUT2D eigenvalue weighted by Gasteiger charge is -2.08. The van der Waals surface area contributed by atoms with Crippen LogP contribution < -0.4 is 4.74 Å². The zero-order valence-electron chi connectivity index (χ0n) is 14.4. The highest BCUT2D eigenvalue weighted by Crippen LogP contribution is 2.23. The summed E-state index contributed by atoms with van der Waals surface area (Å²) in [6, 6.07) is 14.0. The maximum Gasteiger partial charge on any atom is 0.165 e. The van der Waals surface area contributed by atoms with Crippen LogP contribution in [0.25, 0.3) is 10.9 Å². The Morgan fingerprint density at radius 1 is 1.08 bits per heavy atom. The first kappa shape index (κ1) is 16.6. The Kier molecular flexibility index (Phi) is 5.19. The summed E-state index contributed by atoms with van der Waals surface area (Å²) in [5, 5.41) is 1.34. The molecule has 3 rings (SSSR count). The van der Waals surface area contributed by atoms with E-state index in [1.807, 2.05) is 6.07 Å². The van der Waals surface area contributed by atoms with E-state index in [4.69, 9.17) is 4.74 Å². The predicted octanol–water partition coefficient (Wildman–Crippen LogP) is 5.37. The quantitative estimate of drug-likeness (QED) is 0.569. The molecule has 3 aromatic rings. The van der Waals surface area contributed by atoms with Gasteiger partial charge in [-0.25, -0.2) is 4.39 Å². The second-order valence-electron chi connectivity index (χ2n) is 6.18. The van der Waals surface area contributed by atoms with Crippen LogP contribution in [0.5, 0.6) is 5.75 Å². The maximum absolute atomic E-state index is 13.8. The van der Waals surface area contributed by atoms with Gasteiger partial charge < -0.3 is 9.30 Å². The number of hydrogen-bond donors (Lipinski definition) is 0. The number of benzene rings is 2. The molecule has 0 aliphatic rings. The van der Waals surface area contributed by atoms with Gasteiger partial charge in [-0.15, -0.1) is 0 Å². The Hall–Kier alpha value is -2.29. The molecule has 0 N–H and O–H groups in total. The highest BCUT2D eigenvalue weighted by Gasteiger charge is 2.07. The van der Waals surface area contributed by atoms with Crippen molar-refractivity contribution in [3.63, 3.8) is 0 Å². The average Bonchev–Trinajstić information content (AvgIpc) is 3.00. The first-order valence-electron chi connectivity index (χ1n) is 8.62. The van der Waals surface area contributed by atoms with E-state index in [0.29, 0.717) is 5.75 Å². The molecule has 0 spiro atoms. The maximum atomic E-state index is 13.8. The van der Waals surface area contributed by atoms with Crippen molar-refractivity contribution in [1.29, 1.82) is 0 Å². The molecular formula is C21H24FNO. The van der Waals surface area contributed by atoms with Crippen LogP contribution in [0.1, 0.15) is 30.9 Å². The van der Waals surface area contributed by atoms with E-state index < -0.39 is 0 Å². The normalized spacial score (nSPS) is 11.1. The summed E-state index contributed by atoms with van der Waals surface area (Å²) < 4.78 is 21.0. The number of halogens is 1. The molecule has 0 radical (unpaired) electrons. The molecule has 1 aromatic heterocycles. The lowest BCUT2D eigenvalue weighted by Crippen LogP contribution is -1.95. The van der Waals surface area contributed by atoms with E-state index in [1.165, 1.54) is 23.6 Å². The highest BCUT2D eigenvalue weighted by molar-refractivity contribution is 5.83. The van der Waals surface area contributed by atoms with Gasteiger partial charge in [-0.2, -0.15) is 0 Å². The second-order valence-corrected chi connectivity index (χ2v) is 6.18. The van der Waals surface area contributed by atoms with Crippen LogP contribution in [0.15, 0.2) is 48.7 Å². The molecule has 0 aliphatic carbocycles. The standard InChI is InChI=1S/C21H24FNO/c1-3-13-23-14-12-18-17(8-5-9-20(18)23)7-4-6-16-10-11-21(24-2)19(22)15-16/h5,8-12,14-15H,3-4,6-7,13H2,1-2H3. The van der Waals surface area contributed by atoms with E-state index in [-0.39, 0.29) is 5.82 Å². The minimum atomic E-state index is -0.284. The van der Waals surface area contributed by atoms with Gasteiger partial charge in [0.05, 0.1) is 7.11 Å². The largest absolute Gasteiger partial charge is 0.494 e. The fraction of sp³-hybridized carbons (Fsp3) is 0.333. The van der Waals surface area contributed by atoms with Crippen molar-refractivity contribution in [2.24, 2.45) is 0 Å². The van der Waals surface area contributed by atoms with Crippen LogP contribution in [0.3, 0.4) is 0 Å². The predicted molar refractivity (Wildman–Crippen MR) is 97.2 cm³/mol. The molecule has 0 saturated carbocycles. The Labute approximate surface area is 142 Å². The first-order chi connectivity index (χ1) is 11.7. The molecule has 0 amide bonds. The fourth-order valence-electron chi connectivity index (χ4n) is 3.29. The number of aromatic nitrogens is 1. The first-order valence-corrected chi connectivity index (χ1v) is 8.62. The van der Waals surface area contributed by atoms with Crippen molar-refractivity contribution < 1.29 is 9.13 Å². The van der Waals surface area contributed by atoms with Crippen LogP contribution >= 0.6 is 0 Å². The zero-order chi connectivity index (χ0) is 16.9. The molecule has 126 valence electrons. The number of aryl methyl sites for hydroxylation is 3. The van der Waals surface area contributed by atoms with Crippen molar-refractivity contribution >= 4 is 10.9 Å². The Balaban J connectivity index is 1.69.